The van der Waals surface area contributed by atoms with Crippen molar-refractivity contribution in [2.45, 2.75) is 6.42 Å². The molecule has 2 aromatic heterocycles. The van der Waals surface area contributed by atoms with Crippen LogP contribution in [0.25, 0.3) is 11.2 Å². The summed E-state index contributed by atoms with van der Waals surface area (Å²) in [6.45, 7) is 0.187. The summed E-state index contributed by atoms with van der Waals surface area (Å²) in [6, 6.07) is 3.74. The quantitative estimate of drug-likeness (QED) is 0.587. The largest absolute Gasteiger partial charge is 0.481 e. The van der Waals surface area contributed by atoms with E-state index in [0.717, 1.165) is 22.5 Å². The first-order chi connectivity index (χ1) is 5.84. The molecule has 0 unspecified atom stereocenters. The van der Waals surface area contributed by atoms with Gasteiger partial charge in [0, 0.05) is 12.0 Å². The highest BCUT2D eigenvalue weighted by Gasteiger charge is 2.25. The van der Waals surface area contributed by atoms with Gasteiger partial charge in [-0.25, -0.2) is 0 Å². The number of hydrogen-bond acceptors (Lipinski definition) is 3. The number of Topliss-reactive ketones (excluding diaryl/α,β-unsaturated/α-hetero) is 1. The van der Waals surface area contributed by atoms with Crippen molar-refractivity contribution in [2.75, 3.05) is 6.61 Å². The molecule has 1 aliphatic rings. The molecule has 12 heavy (non-hydrogen) atoms. The highest BCUT2D eigenvalue weighted by molar-refractivity contribution is 5.90. The molecular weight excluding hydrogens is 156 g/mol. The Morgan fingerprint density at radius 1 is 1.25 bits per heavy atom. The van der Waals surface area contributed by atoms with Gasteiger partial charge in [-0.2, -0.15) is 0 Å². The number of hydrogen-bond donors (Lipinski definition) is 0. The number of furan rings is 2. The first kappa shape index (κ1) is 6.06. The summed E-state index contributed by atoms with van der Waals surface area (Å²) in [5.41, 5.74) is 2.46. The standard InChI is InChI=1S/C9H6O3/c10-5-3-6-7-1-2-8(12-7)9(6)11-4-5/h1-2H,3-4H2. The van der Waals surface area contributed by atoms with Gasteiger partial charge < -0.3 is 9.15 Å². The molecule has 0 fully saturated rings. The van der Waals surface area contributed by atoms with E-state index in [0.29, 0.717) is 6.42 Å². The number of benzene rings is 1. The first-order valence-corrected chi connectivity index (χ1v) is 3.83. The topological polar surface area (TPSA) is 39.4 Å². The SMILES string of the molecule is O=C1COc2c(c3ccc2o3)C1. The van der Waals surface area contributed by atoms with Crippen molar-refractivity contribution in [3.05, 3.63) is 17.7 Å². The molecule has 2 bridgehead atoms. The molecule has 0 amide bonds. The summed E-state index contributed by atoms with van der Waals surface area (Å²) in [7, 11) is 0. The number of ether oxygens (including phenoxy) is 1. The van der Waals surface area contributed by atoms with E-state index in [1.165, 1.54) is 0 Å². The second-order valence-electron chi connectivity index (χ2n) is 2.98. The third kappa shape index (κ3) is 0.587. The Morgan fingerprint density at radius 2 is 2.08 bits per heavy atom. The summed E-state index contributed by atoms with van der Waals surface area (Å²) >= 11 is 0. The van der Waals surface area contributed by atoms with Crippen LogP contribution in [-0.2, 0) is 11.2 Å². The Labute approximate surface area is 68.3 Å². The molecule has 3 heteroatoms. The van der Waals surface area contributed by atoms with E-state index >= 15 is 0 Å². The van der Waals surface area contributed by atoms with Gasteiger partial charge in [-0.15, -0.1) is 0 Å². The van der Waals surface area contributed by atoms with Crippen molar-refractivity contribution in [1.29, 1.82) is 0 Å². The lowest BCUT2D eigenvalue weighted by atomic mass is 10.1. The lowest BCUT2D eigenvalue weighted by Crippen LogP contribution is -2.19. The second-order valence-corrected chi connectivity index (χ2v) is 2.98. The van der Waals surface area contributed by atoms with Crippen LogP contribution in [0.5, 0.6) is 5.75 Å². The molecule has 0 saturated carbocycles. The van der Waals surface area contributed by atoms with Crippen LogP contribution >= 0.6 is 0 Å². The molecule has 0 saturated heterocycles. The summed E-state index contributed by atoms with van der Waals surface area (Å²) in [5, 5.41) is 0. The van der Waals surface area contributed by atoms with Gasteiger partial charge in [0.2, 0.25) is 0 Å². The highest BCUT2D eigenvalue weighted by Crippen LogP contribution is 2.37. The second kappa shape index (κ2) is 1.80. The molecule has 0 radical (unpaired) electrons. The van der Waals surface area contributed by atoms with Crippen LogP contribution in [0.1, 0.15) is 5.56 Å². The molecule has 0 N–H and O–H groups in total. The van der Waals surface area contributed by atoms with E-state index in [-0.39, 0.29) is 12.4 Å². The van der Waals surface area contributed by atoms with Crippen LogP contribution in [0.3, 0.4) is 0 Å². The smallest absolute Gasteiger partial charge is 0.174 e. The third-order valence-corrected chi connectivity index (χ3v) is 2.15. The molecule has 2 aromatic rings. The van der Waals surface area contributed by atoms with Crippen molar-refractivity contribution in [3.63, 3.8) is 0 Å². The minimum atomic E-state index is 0.117. The fraction of sp³-hybridized carbons (Fsp3) is 0.222. The summed E-state index contributed by atoms with van der Waals surface area (Å²) < 4.78 is 10.6. The maximum absolute atomic E-state index is 11.0. The lowest BCUT2D eigenvalue weighted by Gasteiger charge is -2.11. The van der Waals surface area contributed by atoms with Crippen LogP contribution in [0.15, 0.2) is 16.5 Å². The van der Waals surface area contributed by atoms with E-state index < -0.39 is 0 Å². The van der Waals surface area contributed by atoms with E-state index in [1.807, 2.05) is 12.1 Å². The Morgan fingerprint density at radius 3 is 3.00 bits per heavy atom. The summed E-state index contributed by atoms with van der Waals surface area (Å²) in [6.07, 6.45) is 0.457. The van der Waals surface area contributed by atoms with Crippen molar-refractivity contribution >= 4 is 16.9 Å². The molecule has 0 spiro atoms. The number of rotatable bonds is 0. The van der Waals surface area contributed by atoms with Crippen LogP contribution in [-0.4, -0.2) is 12.4 Å². The average molecular weight is 162 g/mol. The Kier molecular flexibility index (Phi) is 0.909. The molecule has 0 atom stereocenters. The van der Waals surface area contributed by atoms with E-state index in [9.17, 15) is 4.79 Å². The molecule has 60 valence electrons. The molecule has 3 heterocycles. The minimum absolute atomic E-state index is 0.117. The maximum atomic E-state index is 11.0. The van der Waals surface area contributed by atoms with E-state index in [1.54, 1.807) is 0 Å². The number of ketones is 1. The number of fused-ring (bicyclic) bond motifs is 5. The Balaban J connectivity index is 2.29. The molecule has 1 aliphatic heterocycles. The van der Waals surface area contributed by atoms with E-state index in [2.05, 4.69) is 0 Å². The predicted molar refractivity (Wildman–Crippen MR) is 41.6 cm³/mol. The van der Waals surface area contributed by atoms with Crippen LogP contribution in [0.2, 0.25) is 0 Å². The normalized spacial score (nSPS) is 16.5. The fourth-order valence-electron chi connectivity index (χ4n) is 1.61. The molecule has 0 aliphatic carbocycles. The fourth-order valence-corrected chi connectivity index (χ4v) is 1.61. The van der Waals surface area contributed by atoms with Gasteiger partial charge in [0.1, 0.15) is 12.2 Å². The monoisotopic (exact) mass is 162 g/mol. The van der Waals surface area contributed by atoms with Crippen molar-refractivity contribution in [2.24, 2.45) is 0 Å². The molecule has 3 nitrogen and oxygen atoms in total. The molecular formula is C9H6O3. The lowest BCUT2D eigenvalue weighted by molar-refractivity contribution is -0.121. The van der Waals surface area contributed by atoms with Gasteiger partial charge in [-0.05, 0) is 12.1 Å². The van der Waals surface area contributed by atoms with Gasteiger partial charge >= 0.3 is 0 Å². The molecule has 0 aromatic carbocycles. The number of carbonyl (C=O) groups excluding carboxylic acids is 1. The minimum Gasteiger partial charge on any atom is -0.481 e. The molecule has 3 rings (SSSR count). The van der Waals surface area contributed by atoms with Crippen molar-refractivity contribution in [3.8, 4) is 5.75 Å². The Bertz CT molecular complexity index is 441. The van der Waals surface area contributed by atoms with Gasteiger partial charge in [-0.1, -0.05) is 0 Å². The van der Waals surface area contributed by atoms with Crippen LogP contribution in [0, 0.1) is 0 Å². The first-order valence-electron chi connectivity index (χ1n) is 3.83. The van der Waals surface area contributed by atoms with Crippen molar-refractivity contribution in [1.82, 2.24) is 0 Å². The summed E-state index contributed by atoms with van der Waals surface area (Å²) in [4.78, 5) is 11.0. The van der Waals surface area contributed by atoms with E-state index in [4.69, 9.17) is 9.15 Å². The van der Waals surface area contributed by atoms with Gasteiger partial charge in [0.25, 0.3) is 0 Å². The summed E-state index contributed by atoms with van der Waals surface area (Å²) in [5.74, 6) is 0.888. The van der Waals surface area contributed by atoms with Gasteiger partial charge in [0.05, 0.1) is 0 Å². The predicted octanol–water partition coefficient (Wildman–Crippen LogP) is 1.37. The zero-order valence-corrected chi connectivity index (χ0v) is 6.29. The Hall–Kier alpha value is -1.51. The highest BCUT2D eigenvalue weighted by atomic mass is 16.5. The van der Waals surface area contributed by atoms with Crippen molar-refractivity contribution < 1.29 is 13.9 Å². The maximum Gasteiger partial charge on any atom is 0.174 e. The average Bonchev–Trinajstić information content (AvgIpc) is 2.63. The van der Waals surface area contributed by atoms with Crippen LogP contribution < -0.4 is 4.74 Å². The third-order valence-electron chi connectivity index (χ3n) is 2.15. The van der Waals surface area contributed by atoms with Gasteiger partial charge in [-0.3, -0.25) is 4.79 Å². The zero-order valence-electron chi connectivity index (χ0n) is 6.29. The number of carbonyl (C=O) groups is 1. The van der Waals surface area contributed by atoms with Crippen LogP contribution in [0.4, 0.5) is 0 Å². The van der Waals surface area contributed by atoms with Gasteiger partial charge in [0.15, 0.2) is 17.1 Å². The zero-order chi connectivity index (χ0) is 8.13.